The third kappa shape index (κ3) is 5.44. The number of rotatable bonds is 9. The molecule has 0 aliphatic rings. The molecule has 2 aromatic rings. The molecule has 8 heteroatoms. The second kappa shape index (κ2) is 9.84. The van der Waals surface area contributed by atoms with Crippen LogP contribution in [-0.4, -0.2) is 41.3 Å². The average molecular weight is 435 g/mol. The van der Waals surface area contributed by atoms with Crippen LogP contribution in [0.4, 0.5) is 5.69 Å². The van der Waals surface area contributed by atoms with Gasteiger partial charge in [0.15, 0.2) is 11.5 Å². The fourth-order valence-corrected chi connectivity index (χ4v) is 4.15. The highest BCUT2D eigenvalue weighted by molar-refractivity contribution is 7.92. The highest BCUT2D eigenvalue weighted by Gasteiger charge is 2.24. The van der Waals surface area contributed by atoms with E-state index in [1.807, 2.05) is 39.0 Å². The molecule has 164 valence electrons. The molecule has 0 saturated heterocycles. The van der Waals surface area contributed by atoms with Crippen LogP contribution in [0.15, 0.2) is 36.4 Å². The number of carbonyl (C=O) groups is 1. The molecule has 0 aliphatic carbocycles. The molecule has 0 aromatic heterocycles. The zero-order valence-corrected chi connectivity index (χ0v) is 19.2. The van der Waals surface area contributed by atoms with E-state index in [-0.39, 0.29) is 18.5 Å². The largest absolute Gasteiger partial charge is 0.493 e. The van der Waals surface area contributed by atoms with E-state index in [2.05, 4.69) is 5.32 Å². The Morgan fingerprint density at radius 1 is 1.10 bits per heavy atom. The summed E-state index contributed by atoms with van der Waals surface area (Å²) in [6.45, 7) is 5.40. The third-order valence-corrected chi connectivity index (χ3v) is 6.21. The minimum atomic E-state index is -3.64. The summed E-state index contributed by atoms with van der Waals surface area (Å²) in [4.78, 5) is 12.8. The van der Waals surface area contributed by atoms with E-state index >= 15 is 0 Å². The van der Waals surface area contributed by atoms with Crippen molar-refractivity contribution in [1.82, 2.24) is 5.32 Å². The van der Waals surface area contributed by atoms with Gasteiger partial charge in [-0.3, -0.25) is 9.10 Å². The zero-order valence-electron chi connectivity index (χ0n) is 18.4. The fraction of sp³-hybridized carbons (Fsp3) is 0.409. The molecule has 0 saturated carbocycles. The Hall–Kier alpha value is -2.74. The quantitative estimate of drug-likeness (QED) is 0.654. The minimum absolute atomic E-state index is 0.294. The maximum Gasteiger partial charge on any atom is 0.241 e. The van der Waals surface area contributed by atoms with Crippen LogP contribution in [-0.2, 0) is 14.8 Å². The molecular weight excluding hydrogens is 404 g/mol. The lowest BCUT2D eigenvalue weighted by atomic mass is 10.0. The number of anilines is 1. The van der Waals surface area contributed by atoms with Crippen LogP contribution in [0, 0.1) is 13.8 Å². The van der Waals surface area contributed by atoms with Crippen LogP contribution in [0.5, 0.6) is 11.5 Å². The number of hydrogen-bond donors (Lipinski definition) is 1. The van der Waals surface area contributed by atoms with Crippen LogP contribution < -0.4 is 19.1 Å². The number of hydrogen-bond acceptors (Lipinski definition) is 5. The Morgan fingerprint density at radius 3 is 2.33 bits per heavy atom. The molecule has 0 aliphatic heterocycles. The first-order valence-corrected chi connectivity index (χ1v) is 11.5. The molecule has 0 radical (unpaired) electrons. The van der Waals surface area contributed by atoms with Gasteiger partial charge in [0.2, 0.25) is 15.9 Å². The molecule has 0 spiro atoms. The summed E-state index contributed by atoms with van der Waals surface area (Å²) >= 11 is 0. The summed E-state index contributed by atoms with van der Waals surface area (Å²) in [7, 11) is -0.533. The number of nitrogens with one attached hydrogen (secondary N) is 1. The van der Waals surface area contributed by atoms with E-state index < -0.39 is 10.0 Å². The second-order valence-corrected chi connectivity index (χ2v) is 9.04. The molecule has 0 heterocycles. The van der Waals surface area contributed by atoms with Gasteiger partial charge in [0.25, 0.3) is 0 Å². The molecule has 0 bridgehead atoms. The molecule has 0 unspecified atom stereocenters. The van der Waals surface area contributed by atoms with Gasteiger partial charge in [0, 0.05) is 0 Å². The Labute approximate surface area is 179 Å². The van der Waals surface area contributed by atoms with Crippen LogP contribution >= 0.6 is 0 Å². The topological polar surface area (TPSA) is 84.9 Å². The van der Waals surface area contributed by atoms with E-state index in [1.54, 1.807) is 32.4 Å². The molecule has 1 atom stereocenters. The molecule has 1 N–H and O–H groups in total. The summed E-state index contributed by atoms with van der Waals surface area (Å²) < 4.78 is 36.6. The predicted octanol–water partition coefficient (Wildman–Crippen LogP) is 3.35. The third-order valence-electron chi connectivity index (χ3n) is 5.09. The molecule has 0 fully saturated rings. The lowest BCUT2D eigenvalue weighted by Crippen LogP contribution is -2.41. The number of aryl methyl sites for hydroxylation is 1. The van der Waals surface area contributed by atoms with E-state index in [1.165, 1.54) is 0 Å². The molecule has 7 nitrogen and oxygen atoms in total. The standard InChI is InChI=1S/C22H30N2O5S/c1-7-18(17-11-12-20(28-4)21(13-17)29-5)23-22(25)14-24(30(6,26)27)19-10-8-9-15(2)16(19)3/h8-13,18H,7,14H2,1-6H3,(H,23,25)/t18-/m0/s1. The molecule has 2 aromatic carbocycles. The highest BCUT2D eigenvalue weighted by atomic mass is 32.2. The Balaban J connectivity index is 2.27. The number of nitrogens with zero attached hydrogens (tertiary/aromatic N) is 1. The van der Waals surface area contributed by atoms with Crippen LogP contribution in [0.3, 0.4) is 0 Å². The fourth-order valence-electron chi connectivity index (χ4n) is 3.25. The number of amides is 1. The minimum Gasteiger partial charge on any atom is -0.493 e. The van der Waals surface area contributed by atoms with E-state index in [4.69, 9.17) is 9.47 Å². The zero-order chi connectivity index (χ0) is 22.5. The van der Waals surface area contributed by atoms with Crippen LogP contribution in [0.2, 0.25) is 0 Å². The maximum absolute atomic E-state index is 12.8. The summed E-state index contributed by atoms with van der Waals surface area (Å²) in [5.74, 6) is 0.777. The first-order valence-electron chi connectivity index (χ1n) is 9.67. The Kier molecular flexibility index (Phi) is 7.72. The van der Waals surface area contributed by atoms with Gasteiger partial charge < -0.3 is 14.8 Å². The van der Waals surface area contributed by atoms with Crippen molar-refractivity contribution in [2.75, 3.05) is 31.3 Å². The van der Waals surface area contributed by atoms with Crippen molar-refractivity contribution in [1.29, 1.82) is 0 Å². The first kappa shape index (κ1) is 23.5. The van der Waals surface area contributed by atoms with Crippen molar-refractivity contribution in [3.63, 3.8) is 0 Å². The Morgan fingerprint density at radius 2 is 1.77 bits per heavy atom. The van der Waals surface area contributed by atoms with Gasteiger partial charge >= 0.3 is 0 Å². The van der Waals surface area contributed by atoms with Gasteiger partial charge in [-0.05, 0) is 55.2 Å². The van der Waals surface area contributed by atoms with Gasteiger partial charge in [-0.1, -0.05) is 25.1 Å². The monoisotopic (exact) mass is 434 g/mol. The summed E-state index contributed by atoms with van der Waals surface area (Å²) in [6, 6.07) is 10.6. The number of carbonyl (C=O) groups excluding carboxylic acids is 1. The first-order chi connectivity index (χ1) is 14.1. The Bertz CT molecular complexity index is 1000. The van der Waals surface area contributed by atoms with Crippen molar-refractivity contribution in [3.8, 4) is 11.5 Å². The SMILES string of the molecule is CC[C@H](NC(=O)CN(c1cccc(C)c1C)S(C)(=O)=O)c1ccc(OC)c(OC)c1. The van der Waals surface area contributed by atoms with Gasteiger partial charge in [-0.15, -0.1) is 0 Å². The second-order valence-electron chi connectivity index (χ2n) is 7.13. The van der Waals surface area contributed by atoms with Crippen molar-refractivity contribution >= 4 is 21.6 Å². The van der Waals surface area contributed by atoms with Crippen LogP contribution in [0.25, 0.3) is 0 Å². The predicted molar refractivity (Wildman–Crippen MR) is 119 cm³/mol. The molecule has 2 rings (SSSR count). The average Bonchev–Trinajstić information content (AvgIpc) is 2.71. The molecular formula is C22H30N2O5S. The lowest BCUT2D eigenvalue weighted by Gasteiger charge is -2.26. The molecule has 1 amide bonds. The summed E-state index contributed by atoms with van der Waals surface area (Å²) in [5.41, 5.74) is 3.13. The lowest BCUT2D eigenvalue weighted by molar-refractivity contribution is -0.120. The van der Waals surface area contributed by atoms with Gasteiger partial charge in [0.05, 0.1) is 32.2 Å². The van der Waals surface area contributed by atoms with Crippen molar-refractivity contribution in [2.24, 2.45) is 0 Å². The number of methoxy groups -OCH3 is 2. The molecule has 30 heavy (non-hydrogen) atoms. The highest BCUT2D eigenvalue weighted by Crippen LogP contribution is 2.31. The van der Waals surface area contributed by atoms with E-state index in [9.17, 15) is 13.2 Å². The van der Waals surface area contributed by atoms with Crippen molar-refractivity contribution in [3.05, 3.63) is 53.1 Å². The normalized spacial score (nSPS) is 12.2. The smallest absolute Gasteiger partial charge is 0.241 e. The van der Waals surface area contributed by atoms with Gasteiger partial charge in [-0.25, -0.2) is 8.42 Å². The van der Waals surface area contributed by atoms with Gasteiger partial charge in [-0.2, -0.15) is 0 Å². The van der Waals surface area contributed by atoms with E-state index in [0.717, 1.165) is 27.3 Å². The van der Waals surface area contributed by atoms with Gasteiger partial charge in [0.1, 0.15) is 6.54 Å². The van der Waals surface area contributed by atoms with E-state index in [0.29, 0.717) is 23.6 Å². The number of benzene rings is 2. The maximum atomic E-state index is 12.8. The summed E-state index contributed by atoms with van der Waals surface area (Å²) in [6.07, 6.45) is 1.73. The van der Waals surface area contributed by atoms with Crippen LogP contribution in [0.1, 0.15) is 36.1 Å². The summed E-state index contributed by atoms with van der Waals surface area (Å²) in [5, 5.41) is 2.94. The van der Waals surface area contributed by atoms with Crippen molar-refractivity contribution < 1.29 is 22.7 Å². The van der Waals surface area contributed by atoms with Crippen molar-refractivity contribution in [2.45, 2.75) is 33.2 Å². The number of ether oxygens (including phenoxy) is 2. The number of sulfonamides is 1.